The molecule has 18 heavy (non-hydrogen) atoms. The van der Waals surface area contributed by atoms with Crippen molar-refractivity contribution in [1.29, 1.82) is 0 Å². The van der Waals surface area contributed by atoms with Gasteiger partial charge in [-0.25, -0.2) is 0 Å². The van der Waals surface area contributed by atoms with Crippen molar-refractivity contribution in [3.8, 4) is 0 Å². The molecule has 0 aromatic carbocycles. The highest BCUT2D eigenvalue weighted by molar-refractivity contribution is 5.20. The van der Waals surface area contributed by atoms with Crippen LogP contribution in [0.3, 0.4) is 0 Å². The summed E-state index contributed by atoms with van der Waals surface area (Å²) in [4.78, 5) is 0. The second kappa shape index (κ2) is 7.71. The molecule has 0 nitrogen and oxygen atoms in total. The smallest absolute Gasteiger partial charge is 0.0135 e. The van der Waals surface area contributed by atoms with Crippen LogP contribution in [0.1, 0.15) is 38.5 Å². The molecule has 2 aliphatic carbocycles. The van der Waals surface area contributed by atoms with Crippen LogP contribution in [0.4, 0.5) is 0 Å². The van der Waals surface area contributed by atoms with Gasteiger partial charge in [0.05, 0.1) is 0 Å². The van der Waals surface area contributed by atoms with Crippen LogP contribution in [0, 0.1) is 0 Å². The van der Waals surface area contributed by atoms with Crippen molar-refractivity contribution < 1.29 is 0 Å². The Morgan fingerprint density at radius 1 is 0.611 bits per heavy atom. The molecule has 0 radical (unpaired) electrons. The molecular weight excluding hydrogens is 216 g/mol. The first-order valence-electron chi connectivity index (χ1n) is 6.94. The molecule has 0 atom stereocenters. The van der Waals surface area contributed by atoms with Gasteiger partial charge >= 0.3 is 0 Å². The predicted octanol–water partition coefficient (Wildman–Crippen LogP) is 5.43. The van der Waals surface area contributed by atoms with Gasteiger partial charge < -0.3 is 0 Å². The Kier molecular flexibility index (Phi) is 5.52. The van der Waals surface area contributed by atoms with Crippen LogP contribution in [0.2, 0.25) is 0 Å². The topological polar surface area (TPSA) is 0 Å². The molecule has 0 aliphatic heterocycles. The fourth-order valence-corrected chi connectivity index (χ4v) is 2.28. The summed E-state index contributed by atoms with van der Waals surface area (Å²) in [6.45, 7) is 0. The zero-order valence-electron chi connectivity index (χ0n) is 11.0. The van der Waals surface area contributed by atoms with Crippen molar-refractivity contribution >= 4 is 0 Å². The summed E-state index contributed by atoms with van der Waals surface area (Å²) in [6.07, 6.45) is 29.2. The first-order valence-corrected chi connectivity index (χ1v) is 6.94. The van der Waals surface area contributed by atoms with E-state index in [1.54, 1.807) is 11.1 Å². The number of rotatable bonds is 3. The summed E-state index contributed by atoms with van der Waals surface area (Å²) < 4.78 is 0. The van der Waals surface area contributed by atoms with Crippen LogP contribution in [-0.4, -0.2) is 0 Å². The van der Waals surface area contributed by atoms with Crippen LogP contribution in [0.15, 0.2) is 71.9 Å². The van der Waals surface area contributed by atoms with E-state index in [0.29, 0.717) is 0 Å². The normalized spacial score (nSPS) is 32.4. The predicted molar refractivity (Wildman–Crippen MR) is 80.4 cm³/mol. The molecule has 0 saturated heterocycles. The third-order valence-corrected chi connectivity index (χ3v) is 3.38. The molecule has 94 valence electrons. The molecule has 0 aromatic rings. The molecule has 0 N–H and O–H groups in total. The van der Waals surface area contributed by atoms with E-state index in [1.165, 1.54) is 12.8 Å². The molecule has 0 fully saturated rings. The van der Waals surface area contributed by atoms with Gasteiger partial charge in [0.1, 0.15) is 0 Å². The summed E-state index contributed by atoms with van der Waals surface area (Å²) in [7, 11) is 0. The van der Waals surface area contributed by atoms with Crippen molar-refractivity contribution in [3.63, 3.8) is 0 Å². The number of hydrogen-bond acceptors (Lipinski definition) is 0. The second-order valence-electron chi connectivity index (χ2n) is 4.82. The Morgan fingerprint density at radius 3 is 1.56 bits per heavy atom. The molecule has 2 aliphatic rings. The second-order valence-corrected chi connectivity index (χ2v) is 4.82. The van der Waals surface area contributed by atoms with E-state index in [1.807, 2.05) is 0 Å². The Balaban J connectivity index is 1.86. The first-order chi connectivity index (χ1) is 8.95. The molecule has 0 bridgehead atoms. The minimum Gasteiger partial charge on any atom is -0.0812 e. The van der Waals surface area contributed by atoms with Crippen LogP contribution < -0.4 is 0 Å². The lowest BCUT2D eigenvalue weighted by atomic mass is 9.97. The van der Waals surface area contributed by atoms with Gasteiger partial charge in [-0.05, 0) is 38.5 Å². The number of hydrogen-bond donors (Lipinski definition) is 0. The van der Waals surface area contributed by atoms with Crippen molar-refractivity contribution in [1.82, 2.24) is 0 Å². The summed E-state index contributed by atoms with van der Waals surface area (Å²) in [5, 5.41) is 0. The third kappa shape index (κ3) is 4.75. The van der Waals surface area contributed by atoms with E-state index in [2.05, 4.69) is 60.8 Å². The lowest BCUT2D eigenvalue weighted by Crippen LogP contribution is -1.89. The van der Waals surface area contributed by atoms with Gasteiger partial charge in [-0.3, -0.25) is 0 Å². The van der Waals surface area contributed by atoms with Crippen LogP contribution in [0.25, 0.3) is 0 Å². The first kappa shape index (κ1) is 12.9. The van der Waals surface area contributed by atoms with E-state index in [0.717, 1.165) is 25.7 Å². The SMILES string of the molecule is C1=C\C/C=C(/CC/C2=C/C/C=C\C=C/C2)C\C=C/1. The number of allylic oxidation sites excluding steroid dienone is 12. The van der Waals surface area contributed by atoms with E-state index < -0.39 is 0 Å². The van der Waals surface area contributed by atoms with E-state index in [-0.39, 0.29) is 0 Å². The van der Waals surface area contributed by atoms with Gasteiger partial charge in [0.25, 0.3) is 0 Å². The Hall–Kier alpha value is -1.56. The van der Waals surface area contributed by atoms with Gasteiger partial charge in [-0.2, -0.15) is 0 Å². The molecule has 0 amide bonds. The highest BCUT2D eigenvalue weighted by Crippen LogP contribution is 2.20. The lowest BCUT2D eigenvalue weighted by molar-refractivity contribution is 0.863. The minimum atomic E-state index is 1.08. The zero-order valence-corrected chi connectivity index (χ0v) is 11.0. The van der Waals surface area contributed by atoms with E-state index >= 15 is 0 Å². The average molecular weight is 238 g/mol. The van der Waals surface area contributed by atoms with Crippen LogP contribution in [-0.2, 0) is 0 Å². The Morgan fingerprint density at radius 2 is 1.06 bits per heavy atom. The maximum absolute atomic E-state index is 2.39. The maximum atomic E-state index is 2.39. The standard InChI is InChI=1S/C18H22/c1-3-7-11-17(12-8-4-1)15-16-18-13-9-5-2-6-10-14-18/h1-7,9,12,14H,8,10-11,13,15-16H2/b4-1-,6-2-,7-3-,9-5-,17-12+,18-14+. The van der Waals surface area contributed by atoms with Crippen LogP contribution >= 0.6 is 0 Å². The summed E-state index contributed by atoms with van der Waals surface area (Å²) in [5.41, 5.74) is 3.16. The lowest BCUT2D eigenvalue weighted by Gasteiger charge is -2.09. The van der Waals surface area contributed by atoms with Gasteiger partial charge in [0.2, 0.25) is 0 Å². The zero-order chi connectivity index (χ0) is 12.5. The fourth-order valence-electron chi connectivity index (χ4n) is 2.28. The van der Waals surface area contributed by atoms with Crippen molar-refractivity contribution in [3.05, 3.63) is 71.9 Å². The fraction of sp³-hybridized carbons (Fsp3) is 0.333. The quantitative estimate of drug-likeness (QED) is 0.575. The highest BCUT2D eigenvalue weighted by Gasteiger charge is 2.01. The molecule has 0 unspecified atom stereocenters. The molecule has 0 heterocycles. The molecule has 0 aromatic heterocycles. The molecule has 0 spiro atoms. The third-order valence-electron chi connectivity index (χ3n) is 3.38. The van der Waals surface area contributed by atoms with Crippen LogP contribution in [0.5, 0.6) is 0 Å². The monoisotopic (exact) mass is 238 g/mol. The van der Waals surface area contributed by atoms with Gasteiger partial charge in [0, 0.05) is 0 Å². The molecule has 2 rings (SSSR count). The summed E-state index contributed by atoms with van der Waals surface area (Å²) >= 11 is 0. The van der Waals surface area contributed by atoms with E-state index in [4.69, 9.17) is 0 Å². The van der Waals surface area contributed by atoms with Gasteiger partial charge in [-0.1, -0.05) is 71.9 Å². The van der Waals surface area contributed by atoms with Crippen molar-refractivity contribution in [2.45, 2.75) is 38.5 Å². The maximum Gasteiger partial charge on any atom is -0.0135 e. The highest BCUT2D eigenvalue weighted by atomic mass is 14.1. The van der Waals surface area contributed by atoms with Gasteiger partial charge in [0.15, 0.2) is 0 Å². The summed E-state index contributed by atoms with van der Waals surface area (Å²) in [6, 6.07) is 0. The van der Waals surface area contributed by atoms with E-state index in [9.17, 15) is 0 Å². The minimum absolute atomic E-state index is 1.08. The van der Waals surface area contributed by atoms with Crippen molar-refractivity contribution in [2.24, 2.45) is 0 Å². The van der Waals surface area contributed by atoms with Crippen molar-refractivity contribution in [2.75, 3.05) is 0 Å². The van der Waals surface area contributed by atoms with Gasteiger partial charge in [-0.15, -0.1) is 0 Å². The summed E-state index contributed by atoms with van der Waals surface area (Å²) in [5.74, 6) is 0. The Labute approximate surface area is 111 Å². The largest absolute Gasteiger partial charge is 0.0812 e. The molecule has 0 heteroatoms. The average Bonchev–Trinajstić information content (AvgIpc) is 2.29. The Bertz CT molecular complexity index is 383. The molecule has 0 saturated carbocycles. The molecular formula is C18H22.